The maximum Gasteiger partial charge on any atom is 0.314 e. The van der Waals surface area contributed by atoms with Gasteiger partial charge in [0.15, 0.2) is 0 Å². The van der Waals surface area contributed by atoms with Crippen LogP contribution in [-0.2, 0) is 23.1 Å². The Morgan fingerprint density at radius 1 is 1.40 bits per heavy atom. The molecular formula is C18H24N4O3. The molecule has 2 atom stereocenters. The number of piperidine rings is 1. The summed E-state index contributed by atoms with van der Waals surface area (Å²) in [5, 5.41) is 6.60. The molecule has 1 N–H and O–H groups in total. The Hall–Kier alpha value is -2.57. The topological polar surface area (TPSA) is 80.4 Å². The highest BCUT2D eigenvalue weighted by molar-refractivity contribution is 6.39. The number of nitrogens with zero attached hydrogens (tertiary/aromatic N) is 3. The normalized spacial score (nSPS) is 20.5. The van der Waals surface area contributed by atoms with E-state index in [0.29, 0.717) is 18.2 Å². The van der Waals surface area contributed by atoms with E-state index in [-0.39, 0.29) is 6.04 Å². The molecule has 1 aliphatic heterocycles. The predicted octanol–water partition coefficient (Wildman–Crippen LogP) is 2.51. The molecule has 1 saturated heterocycles. The van der Waals surface area contributed by atoms with Crippen molar-refractivity contribution in [2.75, 3.05) is 11.9 Å². The number of hydrogen-bond acceptors (Lipinski definition) is 4. The Morgan fingerprint density at radius 3 is 2.84 bits per heavy atom. The minimum atomic E-state index is -0.644. The van der Waals surface area contributed by atoms with Crippen molar-refractivity contribution in [3.8, 4) is 0 Å². The molecule has 0 spiro atoms. The molecular weight excluding hydrogens is 320 g/mol. The summed E-state index contributed by atoms with van der Waals surface area (Å²) in [6, 6.07) is 3.66. The monoisotopic (exact) mass is 344 g/mol. The van der Waals surface area contributed by atoms with Gasteiger partial charge in [-0.2, -0.15) is 5.10 Å². The van der Waals surface area contributed by atoms with Crippen molar-refractivity contribution in [3.05, 3.63) is 36.0 Å². The number of aryl methyl sites for hydroxylation is 2. The average Bonchev–Trinajstić information content (AvgIpc) is 3.23. The first-order chi connectivity index (χ1) is 12.0. The molecule has 0 aliphatic carbocycles. The minimum absolute atomic E-state index is 0.198. The first kappa shape index (κ1) is 17.3. The number of hydrogen-bond donors (Lipinski definition) is 1. The molecule has 0 saturated carbocycles. The fraction of sp³-hybridized carbons (Fsp3) is 0.500. The first-order valence-corrected chi connectivity index (χ1v) is 8.67. The molecule has 0 unspecified atom stereocenters. The number of carbonyl (C=O) groups excluding carboxylic acids is 2. The summed E-state index contributed by atoms with van der Waals surface area (Å²) in [7, 11) is 1.75. The predicted molar refractivity (Wildman–Crippen MR) is 92.8 cm³/mol. The lowest BCUT2D eigenvalue weighted by Gasteiger charge is -2.36. The second-order valence-corrected chi connectivity index (χ2v) is 6.66. The zero-order valence-corrected chi connectivity index (χ0v) is 14.9. The van der Waals surface area contributed by atoms with Gasteiger partial charge in [-0.05, 0) is 30.9 Å². The van der Waals surface area contributed by atoms with Crippen molar-refractivity contribution in [1.82, 2.24) is 14.7 Å². The van der Waals surface area contributed by atoms with Crippen LogP contribution in [0, 0.1) is 5.92 Å². The van der Waals surface area contributed by atoms with Crippen LogP contribution in [0.5, 0.6) is 0 Å². The molecule has 3 rings (SSSR count). The van der Waals surface area contributed by atoms with Gasteiger partial charge in [-0.1, -0.05) is 13.8 Å². The molecule has 0 aromatic carbocycles. The first-order valence-electron chi connectivity index (χ1n) is 8.67. The smallest absolute Gasteiger partial charge is 0.314 e. The molecule has 0 bridgehead atoms. The zero-order valence-electron chi connectivity index (χ0n) is 14.9. The number of furan rings is 1. The lowest BCUT2D eigenvalue weighted by Crippen LogP contribution is -2.45. The Balaban J connectivity index is 1.76. The highest BCUT2D eigenvalue weighted by atomic mass is 16.3. The summed E-state index contributed by atoms with van der Waals surface area (Å²) in [5.74, 6) is 0.946. The number of amides is 2. The van der Waals surface area contributed by atoms with E-state index in [1.165, 1.54) is 6.20 Å². The number of rotatable bonds is 3. The number of carbonyl (C=O) groups is 2. The highest BCUT2D eigenvalue weighted by Crippen LogP contribution is 2.35. The van der Waals surface area contributed by atoms with Crippen molar-refractivity contribution in [2.24, 2.45) is 13.0 Å². The molecule has 2 amide bonds. The third kappa shape index (κ3) is 3.75. The summed E-state index contributed by atoms with van der Waals surface area (Å²) in [4.78, 5) is 26.7. The van der Waals surface area contributed by atoms with Gasteiger partial charge in [0.25, 0.3) is 0 Å². The van der Waals surface area contributed by atoms with Crippen molar-refractivity contribution in [1.29, 1.82) is 0 Å². The molecule has 134 valence electrons. The molecule has 25 heavy (non-hydrogen) atoms. The van der Waals surface area contributed by atoms with Crippen molar-refractivity contribution >= 4 is 17.5 Å². The summed E-state index contributed by atoms with van der Waals surface area (Å²) >= 11 is 0. The van der Waals surface area contributed by atoms with Gasteiger partial charge < -0.3 is 14.6 Å². The van der Waals surface area contributed by atoms with Crippen molar-refractivity contribution in [2.45, 2.75) is 39.2 Å². The molecule has 2 aromatic rings. The van der Waals surface area contributed by atoms with Crippen LogP contribution in [0.4, 0.5) is 5.69 Å². The van der Waals surface area contributed by atoms with E-state index >= 15 is 0 Å². The van der Waals surface area contributed by atoms with Crippen LogP contribution in [0.1, 0.15) is 44.3 Å². The van der Waals surface area contributed by atoms with Gasteiger partial charge in [-0.3, -0.25) is 14.3 Å². The Morgan fingerprint density at radius 2 is 2.20 bits per heavy atom. The minimum Gasteiger partial charge on any atom is -0.464 e. The van der Waals surface area contributed by atoms with Gasteiger partial charge in [0.2, 0.25) is 0 Å². The fourth-order valence-corrected chi connectivity index (χ4v) is 3.22. The third-order valence-electron chi connectivity index (χ3n) is 4.64. The van der Waals surface area contributed by atoms with E-state index in [0.717, 1.165) is 30.8 Å². The van der Waals surface area contributed by atoms with Gasteiger partial charge >= 0.3 is 11.8 Å². The quantitative estimate of drug-likeness (QED) is 0.868. The largest absolute Gasteiger partial charge is 0.464 e. The Bertz CT molecular complexity index is 764. The molecule has 7 heteroatoms. The fourth-order valence-electron chi connectivity index (χ4n) is 3.22. The van der Waals surface area contributed by atoms with Crippen LogP contribution in [0.15, 0.2) is 28.9 Å². The highest BCUT2D eigenvalue weighted by Gasteiger charge is 2.35. The lowest BCUT2D eigenvalue weighted by molar-refractivity contribution is -0.146. The number of anilines is 1. The number of nitrogens with one attached hydrogen (secondary N) is 1. The van der Waals surface area contributed by atoms with E-state index < -0.39 is 11.8 Å². The van der Waals surface area contributed by atoms with E-state index in [1.54, 1.807) is 22.8 Å². The molecule has 7 nitrogen and oxygen atoms in total. The lowest BCUT2D eigenvalue weighted by atomic mass is 9.91. The van der Waals surface area contributed by atoms with E-state index in [2.05, 4.69) is 17.3 Å². The molecule has 3 heterocycles. The van der Waals surface area contributed by atoms with E-state index in [4.69, 9.17) is 4.42 Å². The molecule has 1 aliphatic rings. The van der Waals surface area contributed by atoms with Gasteiger partial charge in [0.05, 0.1) is 17.9 Å². The maximum atomic E-state index is 12.7. The summed E-state index contributed by atoms with van der Waals surface area (Å²) < 4.78 is 7.43. The van der Waals surface area contributed by atoms with Crippen LogP contribution in [-0.4, -0.2) is 33.0 Å². The number of likely N-dealkylation sites (tertiary alicyclic amines) is 1. The van der Waals surface area contributed by atoms with Gasteiger partial charge in [0.1, 0.15) is 11.5 Å². The second-order valence-electron chi connectivity index (χ2n) is 6.66. The molecule has 0 radical (unpaired) electrons. The molecule has 2 aromatic heterocycles. The zero-order chi connectivity index (χ0) is 18.0. The van der Waals surface area contributed by atoms with Crippen LogP contribution >= 0.6 is 0 Å². The maximum absolute atomic E-state index is 12.7. The van der Waals surface area contributed by atoms with E-state index in [9.17, 15) is 9.59 Å². The van der Waals surface area contributed by atoms with Crippen LogP contribution < -0.4 is 5.32 Å². The Labute approximate surface area is 147 Å². The average molecular weight is 344 g/mol. The van der Waals surface area contributed by atoms with Crippen LogP contribution in [0.3, 0.4) is 0 Å². The van der Waals surface area contributed by atoms with Gasteiger partial charge in [-0.15, -0.1) is 0 Å². The summed E-state index contributed by atoms with van der Waals surface area (Å²) in [6.07, 6.45) is 5.64. The third-order valence-corrected chi connectivity index (χ3v) is 4.64. The second kappa shape index (κ2) is 7.13. The summed E-state index contributed by atoms with van der Waals surface area (Å²) in [6.45, 7) is 4.73. The van der Waals surface area contributed by atoms with Gasteiger partial charge in [-0.25, -0.2) is 0 Å². The van der Waals surface area contributed by atoms with E-state index in [1.807, 2.05) is 19.1 Å². The standard InChI is InChI=1S/C18H24N4O3/c1-4-14-5-6-16(25-14)15-9-12(2)7-8-22(15)18(24)17(23)20-13-10-19-21(3)11-13/h5-6,10-12,15H,4,7-9H2,1-3H3,(H,20,23)/t12-,15+/m1/s1. The summed E-state index contributed by atoms with van der Waals surface area (Å²) in [5.41, 5.74) is 0.508. The SMILES string of the molecule is CCc1ccc([C@@H]2C[C@H](C)CCN2C(=O)C(=O)Nc2cnn(C)c2)o1. The van der Waals surface area contributed by atoms with Crippen molar-refractivity contribution < 1.29 is 14.0 Å². The van der Waals surface area contributed by atoms with Crippen LogP contribution in [0.2, 0.25) is 0 Å². The molecule has 1 fully saturated rings. The number of aromatic nitrogens is 2. The van der Waals surface area contributed by atoms with Crippen LogP contribution in [0.25, 0.3) is 0 Å². The van der Waals surface area contributed by atoms with Gasteiger partial charge in [0, 0.05) is 26.2 Å². The van der Waals surface area contributed by atoms with Crippen molar-refractivity contribution in [3.63, 3.8) is 0 Å². The Kier molecular flexibility index (Phi) is 4.92.